The van der Waals surface area contributed by atoms with Crippen LogP contribution in [0, 0.1) is 0 Å². The summed E-state index contributed by atoms with van der Waals surface area (Å²) >= 11 is 0. The van der Waals surface area contributed by atoms with E-state index in [9.17, 15) is 0 Å². The minimum atomic E-state index is 0.392. The Morgan fingerprint density at radius 3 is 2.00 bits per heavy atom. The molecule has 0 radical (unpaired) electrons. The van der Waals surface area contributed by atoms with Crippen LogP contribution in [0.5, 0.6) is 0 Å². The summed E-state index contributed by atoms with van der Waals surface area (Å²) in [7, 11) is 0. The molecule has 0 aliphatic heterocycles. The maximum absolute atomic E-state index is 3.54. The number of anilines is 1. The van der Waals surface area contributed by atoms with E-state index in [-0.39, 0.29) is 0 Å². The Kier molecular flexibility index (Phi) is 3.60. The molecular formula is C15H17N. The molecule has 1 atom stereocenters. The number of rotatable bonds is 4. The quantitative estimate of drug-likeness (QED) is 0.797. The van der Waals surface area contributed by atoms with Crippen molar-refractivity contribution >= 4 is 5.69 Å². The molecule has 0 aromatic heterocycles. The van der Waals surface area contributed by atoms with Crippen molar-refractivity contribution in [2.24, 2.45) is 0 Å². The number of nitrogens with one attached hydrogen (secondary N) is 1. The van der Waals surface area contributed by atoms with Crippen LogP contribution in [0.15, 0.2) is 60.7 Å². The number of hydrogen-bond donors (Lipinski definition) is 1. The molecule has 2 rings (SSSR count). The van der Waals surface area contributed by atoms with Gasteiger partial charge >= 0.3 is 0 Å². The molecule has 82 valence electrons. The molecular weight excluding hydrogens is 194 g/mol. The summed E-state index contributed by atoms with van der Waals surface area (Å²) in [6, 6.07) is 21.3. The van der Waals surface area contributed by atoms with Crippen LogP contribution in [0.3, 0.4) is 0 Å². The smallest absolute Gasteiger partial charge is 0.0511 e. The molecule has 0 aliphatic rings. The third-order valence-electron chi connectivity index (χ3n) is 2.72. The van der Waals surface area contributed by atoms with Gasteiger partial charge in [-0.1, -0.05) is 55.5 Å². The van der Waals surface area contributed by atoms with Gasteiger partial charge in [-0.15, -0.1) is 0 Å². The molecule has 16 heavy (non-hydrogen) atoms. The molecule has 1 nitrogen and oxygen atoms in total. The Morgan fingerprint density at radius 2 is 1.44 bits per heavy atom. The third kappa shape index (κ3) is 2.63. The highest BCUT2D eigenvalue weighted by Crippen LogP contribution is 2.21. The second kappa shape index (κ2) is 5.36. The fourth-order valence-corrected chi connectivity index (χ4v) is 1.84. The van der Waals surface area contributed by atoms with Crippen LogP contribution in [-0.4, -0.2) is 0 Å². The van der Waals surface area contributed by atoms with Crippen molar-refractivity contribution < 1.29 is 0 Å². The normalized spacial score (nSPS) is 12.1. The zero-order chi connectivity index (χ0) is 11.2. The summed E-state index contributed by atoms with van der Waals surface area (Å²) in [5.74, 6) is 0. The van der Waals surface area contributed by atoms with Crippen LogP contribution < -0.4 is 5.32 Å². The molecule has 0 fully saturated rings. The lowest BCUT2D eigenvalue weighted by Crippen LogP contribution is -2.09. The highest BCUT2D eigenvalue weighted by atomic mass is 14.9. The molecule has 0 heterocycles. The Bertz CT molecular complexity index is 408. The van der Waals surface area contributed by atoms with Crippen molar-refractivity contribution in [2.75, 3.05) is 5.32 Å². The predicted octanol–water partition coefficient (Wildman–Crippen LogP) is 4.25. The molecule has 1 N–H and O–H groups in total. The van der Waals surface area contributed by atoms with Gasteiger partial charge in [0, 0.05) is 5.69 Å². The monoisotopic (exact) mass is 211 g/mol. The molecule has 0 aliphatic carbocycles. The van der Waals surface area contributed by atoms with Gasteiger partial charge in [-0.05, 0) is 24.1 Å². The van der Waals surface area contributed by atoms with Gasteiger partial charge in [0.2, 0.25) is 0 Å². The van der Waals surface area contributed by atoms with Crippen LogP contribution in [0.2, 0.25) is 0 Å². The van der Waals surface area contributed by atoms with E-state index in [1.807, 2.05) is 6.07 Å². The van der Waals surface area contributed by atoms with E-state index in [1.54, 1.807) is 0 Å². The van der Waals surface area contributed by atoms with Crippen LogP contribution in [0.25, 0.3) is 0 Å². The third-order valence-corrected chi connectivity index (χ3v) is 2.72. The average molecular weight is 211 g/mol. The number of benzene rings is 2. The average Bonchev–Trinajstić information content (AvgIpc) is 2.38. The van der Waals surface area contributed by atoms with Crippen molar-refractivity contribution in [3.8, 4) is 0 Å². The Labute approximate surface area is 97.1 Å². The first-order chi connectivity index (χ1) is 7.90. The van der Waals surface area contributed by atoms with E-state index in [4.69, 9.17) is 0 Å². The van der Waals surface area contributed by atoms with Crippen LogP contribution in [0.1, 0.15) is 24.9 Å². The zero-order valence-electron chi connectivity index (χ0n) is 9.56. The minimum absolute atomic E-state index is 0.392. The van der Waals surface area contributed by atoms with Crippen LogP contribution in [0.4, 0.5) is 5.69 Å². The highest BCUT2D eigenvalue weighted by molar-refractivity contribution is 5.45. The fourth-order valence-electron chi connectivity index (χ4n) is 1.84. The molecule has 1 heteroatoms. The molecule has 1 unspecified atom stereocenters. The molecule has 0 spiro atoms. The standard InChI is InChI=1S/C15H17N/c1-2-15(13-9-5-3-6-10-13)16-14-11-7-4-8-12-14/h3-12,15-16H,2H2,1H3. The van der Waals surface area contributed by atoms with E-state index in [0.717, 1.165) is 6.42 Å². The Balaban J connectivity index is 2.13. The van der Waals surface area contributed by atoms with Crippen LogP contribution >= 0.6 is 0 Å². The molecule has 0 saturated carbocycles. The van der Waals surface area contributed by atoms with Gasteiger partial charge in [0.15, 0.2) is 0 Å². The van der Waals surface area contributed by atoms with E-state index in [1.165, 1.54) is 11.3 Å². The van der Waals surface area contributed by atoms with E-state index >= 15 is 0 Å². The molecule has 2 aromatic rings. The lowest BCUT2D eigenvalue weighted by atomic mass is 10.0. The largest absolute Gasteiger partial charge is 0.378 e. The van der Waals surface area contributed by atoms with Crippen molar-refractivity contribution in [3.05, 3.63) is 66.2 Å². The SMILES string of the molecule is CCC(Nc1ccccc1)c1ccccc1. The second-order valence-corrected chi connectivity index (χ2v) is 3.88. The second-order valence-electron chi connectivity index (χ2n) is 3.88. The highest BCUT2D eigenvalue weighted by Gasteiger charge is 2.07. The van der Waals surface area contributed by atoms with E-state index in [0.29, 0.717) is 6.04 Å². The van der Waals surface area contributed by atoms with Crippen molar-refractivity contribution in [2.45, 2.75) is 19.4 Å². The lowest BCUT2D eigenvalue weighted by Gasteiger charge is -2.18. The first kappa shape index (κ1) is 10.7. The summed E-state index contributed by atoms with van der Waals surface area (Å²) in [6.45, 7) is 2.20. The molecule has 0 bridgehead atoms. The minimum Gasteiger partial charge on any atom is -0.378 e. The van der Waals surface area contributed by atoms with Gasteiger partial charge in [0.25, 0.3) is 0 Å². The topological polar surface area (TPSA) is 12.0 Å². The van der Waals surface area contributed by atoms with Gasteiger partial charge in [0.05, 0.1) is 6.04 Å². The zero-order valence-corrected chi connectivity index (χ0v) is 9.56. The van der Waals surface area contributed by atoms with Gasteiger partial charge < -0.3 is 5.32 Å². The summed E-state index contributed by atoms with van der Waals surface area (Å²) < 4.78 is 0. The first-order valence-corrected chi connectivity index (χ1v) is 5.76. The summed E-state index contributed by atoms with van der Waals surface area (Å²) in [6.07, 6.45) is 1.08. The molecule has 2 aromatic carbocycles. The summed E-state index contributed by atoms with van der Waals surface area (Å²) in [5.41, 5.74) is 2.52. The maximum atomic E-state index is 3.54. The predicted molar refractivity (Wildman–Crippen MR) is 69.5 cm³/mol. The van der Waals surface area contributed by atoms with Crippen molar-refractivity contribution in [3.63, 3.8) is 0 Å². The Morgan fingerprint density at radius 1 is 0.875 bits per heavy atom. The first-order valence-electron chi connectivity index (χ1n) is 5.76. The van der Waals surface area contributed by atoms with Crippen molar-refractivity contribution in [1.82, 2.24) is 0 Å². The summed E-state index contributed by atoms with van der Waals surface area (Å²) in [4.78, 5) is 0. The maximum Gasteiger partial charge on any atom is 0.0511 e. The summed E-state index contributed by atoms with van der Waals surface area (Å²) in [5, 5.41) is 3.54. The van der Waals surface area contributed by atoms with E-state index in [2.05, 4.69) is 66.8 Å². The van der Waals surface area contributed by atoms with Gasteiger partial charge in [-0.25, -0.2) is 0 Å². The van der Waals surface area contributed by atoms with Crippen molar-refractivity contribution in [1.29, 1.82) is 0 Å². The van der Waals surface area contributed by atoms with Gasteiger partial charge in [-0.2, -0.15) is 0 Å². The van der Waals surface area contributed by atoms with Gasteiger partial charge in [-0.3, -0.25) is 0 Å². The van der Waals surface area contributed by atoms with Crippen LogP contribution in [-0.2, 0) is 0 Å². The van der Waals surface area contributed by atoms with Gasteiger partial charge in [0.1, 0.15) is 0 Å². The number of hydrogen-bond acceptors (Lipinski definition) is 1. The molecule has 0 amide bonds. The molecule has 0 saturated heterocycles. The van der Waals surface area contributed by atoms with E-state index < -0.39 is 0 Å². The lowest BCUT2D eigenvalue weighted by molar-refractivity contribution is 0.749. The Hall–Kier alpha value is -1.76. The fraction of sp³-hybridized carbons (Fsp3) is 0.200. The number of para-hydroxylation sites is 1.